The Balaban J connectivity index is 2.76. The van der Waals surface area contributed by atoms with Crippen molar-refractivity contribution in [2.24, 2.45) is 17.8 Å². The van der Waals surface area contributed by atoms with E-state index in [0.29, 0.717) is 0 Å². The average molecular weight is 227 g/mol. The maximum atomic E-state index is 11.6. The van der Waals surface area contributed by atoms with Gasteiger partial charge in [0.15, 0.2) is 0 Å². The van der Waals surface area contributed by atoms with Crippen molar-refractivity contribution in [1.29, 1.82) is 0 Å². The van der Waals surface area contributed by atoms with E-state index in [9.17, 15) is 14.4 Å². The lowest BCUT2D eigenvalue weighted by Crippen LogP contribution is -2.39. The number of hydrogen-bond acceptors (Lipinski definition) is 3. The highest BCUT2D eigenvalue weighted by atomic mass is 16.4. The maximum Gasteiger partial charge on any atom is 0.308 e. The van der Waals surface area contributed by atoms with E-state index < -0.39 is 11.9 Å². The number of hydrogen-bond donors (Lipinski definition) is 1. The van der Waals surface area contributed by atoms with Crippen molar-refractivity contribution in [3.05, 3.63) is 0 Å². The zero-order valence-corrected chi connectivity index (χ0v) is 9.77. The molecule has 2 unspecified atom stereocenters. The van der Waals surface area contributed by atoms with Crippen LogP contribution in [0.5, 0.6) is 0 Å². The Morgan fingerprint density at radius 2 is 2.06 bits per heavy atom. The second-order valence-corrected chi connectivity index (χ2v) is 4.64. The van der Waals surface area contributed by atoms with Crippen molar-refractivity contribution in [1.82, 2.24) is 4.90 Å². The molecule has 90 valence electrons. The molecule has 1 saturated heterocycles. The van der Waals surface area contributed by atoms with E-state index in [1.807, 2.05) is 0 Å². The lowest BCUT2D eigenvalue weighted by Gasteiger charge is -2.22. The normalized spacial score (nSPS) is 23.0. The fourth-order valence-electron chi connectivity index (χ4n) is 1.81. The third kappa shape index (κ3) is 2.40. The molecule has 0 saturated carbocycles. The van der Waals surface area contributed by atoms with Crippen LogP contribution in [0, 0.1) is 17.8 Å². The van der Waals surface area contributed by atoms with Gasteiger partial charge in [-0.15, -0.1) is 0 Å². The van der Waals surface area contributed by atoms with Crippen molar-refractivity contribution in [2.75, 3.05) is 6.54 Å². The summed E-state index contributed by atoms with van der Waals surface area (Å²) >= 11 is 0. The molecule has 1 rings (SSSR count). The van der Waals surface area contributed by atoms with Gasteiger partial charge in [0, 0.05) is 18.9 Å². The number of carbonyl (C=O) groups is 3. The van der Waals surface area contributed by atoms with Crippen LogP contribution in [0.2, 0.25) is 0 Å². The molecule has 0 aromatic carbocycles. The summed E-state index contributed by atoms with van der Waals surface area (Å²) in [6.45, 7) is 5.22. The van der Waals surface area contributed by atoms with Gasteiger partial charge in [-0.1, -0.05) is 20.8 Å². The molecular formula is C11H17NO4. The summed E-state index contributed by atoms with van der Waals surface area (Å²) in [5, 5.41) is 8.99. The summed E-state index contributed by atoms with van der Waals surface area (Å²) in [5.41, 5.74) is 0. The van der Waals surface area contributed by atoms with Crippen LogP contribution >= 0.6 is 0 Å². The lowest BCUT2D eigenvalue weighted by atomic mass is 9.95. The number of imide groups is 1. The molecule has 16 heavy (non-hydrogen) atoms. The first kappa shape index (κ1) is 12.7. The first-order valence-corrected chi connectivity index (χ1v) is 5.41. The minimum absolute atomic E-state index is 0.00495. The number of amides is 2. The summed E-state index contributed by atoms with van der Waals surface area (Å²) in [4.78, 5) is 35.2. The molecule has 1 aliphatic rings. The van der Waals surface area contributed by atoms with Gasteiger partial charge in [0.25, 0.3) is 0 Å². The van der Waals surface area contributed by atoms with Crippen LogP contribution in [0.1, 0.15) is 27.2 Å². The maximum absolute atomic E-state index is 11.6. The molecule has 1 fully saturated rings. The minimum atomic E-state index is -0.963. The van der Waals surface area contributed by atoms with E-state index in [-0.39, 0.29) is 36.6 Å². The quantitative estimate of drug-likeness (QED) is 0.719. The number of nitrogens with zero attached hydrogens (tertiary/aromatic N) is 1. The van der Waals surface area contributed by atoms with Crippen LogP contribution < -0.4 is 0 Å². The smallest absolute Gasteiger partial charge is 0.308 e. The van der Waals surface area contributed by atoms with Gasteiger partial charge >= 0.3 is 5.97 Å². The summed E-state index contributed by atoms with van der Waals surface area (Å²) in [6.07, 6.45) is 0.198. The van der Waals surface area contributed by atoms with E-state index >= 15 is 0 Å². The van der Waals surface area contributed by atoms with Gasteiger partial charge in [-0.25, -0.2) is 0 Å². The fraction of sp³-hybridized carbons (Fsp3) is 0.727. The van der Waals surface area contributed by atoms with E-state index in [2.05, 4.69) is 0 Å². The molecule has 0 aromatic heterocycles. The molecule has 2 amide bonds. The van der Waals surface area contributed by atoms with E-state index in [1.165, 1.54) is 0 Å². The van der Waals surface area contributed by atoms with Gasteiger partial charge in [-0.3, -0.25) is 19.3 Å². The largest absolute Gasteiger partial charge is 0.481 e. The van der Waals surface area contributed by atoms with Crippen molar-refractivity contribution in [2.45, 2.75) is 27.2 Å². The SMILES string of the molecule is CC1CC(=O)N(CC(C(=O)O)C(C)C)C1=O. The van der Waals surface area contributed by atoms with Crippen LogP contribution in [-0.2, 0) is 14.4 Å². The van der Waals surface area contributed by atoms with Gasteiger partial charge in [0.2, 0.25) is 11.8 Å². The van der Waals surface area contributed by atoms with E-state index in [1.54, 1.807) is 20.8 Å². The molecule has 0 spiro atoms. The molecule has 2 atom stereocenters. The van der Waals surface area contributed by atoms with E-state index in [4.69, 9.17) is 5.11 Å². The summed E-state index contributed by atoms with van der Waals surface area (Å²) in [7, 11) is 0. The number of rotatable bonds is 4. The standard InChI is InChI=1S/C11H17NO4/c1-6(2)8(11(15)16)5-12-9(13)4-7(3)10(12)14/h6-8H,4-5H2,1-3H3,(H,15,16). The van der Waals surface area contributed by atoms with E-state index in [0.717, 1.165) is 4.90 Å². The lowest BCUT2D eigenvalue weighted by molar-refractivity contribution is -0.147. The third-order valence-corrected chi connectivity index (χ3v) is 2.97. The van der Waals surface area contributed by atoms with Crippen LogP contribution in [0.25, 0.3) is 0 Å². The predicted molar refractivity (Wildman–Crippen MR) is 56.5 cm³/mol. The molecule has 0 radical (unpaired) electrons. The van der Waals surface area contributed by atoms with Crippen LogP contribution in [0.4, 0.5) is 0 Å². The number of carboxylic acids is 1. The summed E-state index contributed by atoms with van der Waals surface area (Å²) in [6, 6.07) is 0. The van der Waals surface area contributed by atoms with Gasteiger partial charge < -0.3 is 5.11 Å². The Bertz CT molecular complexity index is 324. The zero-order valence-electron chi connectivity index (χ0n) is 9.77. The Labute approximate surface area is 94.4 Å². The highest BCUT2D eigenvalue weighted by molar-refractivity contribution is 6.03. The monoisotopic (exact) mass is 227 g/mol. The second-order valence-electron chi connectivity index (χ2n) is 4.64. The second kappa shape index (κ2) is 4.63. The van der Waals surface area contributed by atoms with Crippen LogP contribution in [0.3, 0.4) is 0 Å². The average Bonchev–Trinajstić information content (AvgIpc) is 2.38. The first-order chi connectivity index (χ1) is 7.34. The minimum Gasteiger partial charge on any atom is -0.481 e. The van der Waals surface area contributed by atoms with Gasteiger partial charge in [0.1, 0.15) is 0 Å². The highest BCUT2D eigenvalue weighted by Gasteiger charge is 2.38. The first-order valence-electron chi connectivity index (χ1n) is 5.41. The van der Waals surface area contributed by atoms with Gasteiger partial charge in [-0.2, -0.15) is 0 Å². The molecule has 1 aliphatic heterocycles. The van der Waals surface area contributed by atoms with Gasteiger partial charge in [0.05, 0.1) is 5.92 Å². The summed E-state index contributed by atoms with van der Waals surface area (Å²) < 4.78 is 0. The number of carbonyl (C=O) groups excluding carboxylic acids is 2. The van der Waals surface area contributed by atoms with Crippen LogP contribution in [0.15, 0.2) is 0 Å². The molecular weight excluding hydrogens is 210 g/mol. The third-order valence-electron chi connectivity index (χ3n) is 2.97. The molecule has 1 N–H and O–H groups in total. The Morgan fingerprint density at radius 1 is 1.50 bits per heavy atom. The number of likely N-dealkylation sites (tertiary alicyclic amines) is 1. The molecule has 0 aromatic rings. The molecule has 5 heteroatoms. The topological polar surface area (TPSA) is 74.7 Å². The zero-order chi connectivity index (χ0) is 12.5. The fourth-order valence-corrected chi connectivity index (χ4v) is 1.81. The molecule has 5 nitrogen and oxygen atoms in total. The molecule has 1 heterocycles. The van der Waals surface area contributed by atoms with Crippen LogP contribution in [-0.4, -0.2) is 34.3 Å². The predicted octanol–water partition coefficient (Wildman–Crippen LogP) is 0.738. The molecule has 0 aliphatic carbocycles. The Morgan fingerprint density at radius 3 is 2.38 bits per heavy atom. The van der Waals surface area contributed by atoms with Gasteiger partial charge in [-0.05, 0) is 5.92 Å². The Kier molecular flexibility index (Phi) is 3.67. The highest BCUT2D eigenvalue weighted by Crippen LogP contribution is 2.22. The molecule has 0 bridgehead atoms. The Hall–Kier alpha value is -1.39. The summed E-state index contributed by atoms with van der Waals surface area (Å²) in [5.74, 6) is -2.57. The number of carboxylic acid groups (broad SMARTS) is 1. The van der Waals surface area contributed by atoms with Crippen molar-refractivity contribution in [3.63, 3.8) is 0 Å². The van der Waals surface area contributed by atoms with Crippen molar-refractivity contribution >= 4 is 17.8 Å². The number of aliphatic carboxylic acids is 1. The van der Waals surface area contributed by atoms with Crippen molar-refractivity contribution < 1.29 is 19.5 Å². The van der Waals surface area contributed by atoms with Crippen molar-refractivity contribution in [3.8, 4) is 0 Å².